The largest absolute Gasteiger partial charge is 0.453 e. The van der Waals surface area contributed by atoms with Crippen molar-refractivity contribution in [1.29, 1.82) is 0 Å². The third-order valence-corrected chi connectivity index (χ3v) is 5.95. The van der Waals surface area contributed by atoms with Crippen LogP contribution in [0, 0.1) is 6.92 Å². The van der Waals surface area contributed by atoms with Crippen LogP contribution in [-0.2, 0) is 11.8 Å². The minimum Gasteiger partial charge on any atom is -0.453 e. The van der Waals surface area contributed by atoms with E-state index in [0.29, 0.717) is 21.4 Å². The number of halogens is 2. The van der Waals surface area contributed by atoms with E-state index in [2.05, 4.69) is 0 Å². The molecule has 166 valence electrons. The highest BCUT2D eigenvalue weighted by Gasteiger charge is 2.24. The van der Waals surface area contributed by atoms with E-state index in [1.165, 1.54) is 29.8 Å². The van der Waals surface area contributed by atoms with E-state index in [4.69, 9.17) is 27.9 Å². The number of esters is 1. The highest BCUT2D eigenvalue weighted by Crippen LogP contribution is 2.31. The first-order chi connectivity index (χ1) is 15.8. The van der Waals surface area contributed by atoms with Crippen molar-refractivity contribution in [2.24, 2.45) is 7.05 Å². The number of hydrogen-bond acceptors (Lipinski definition) is 4. The normalized spacial score (nSPS) is 10.9. The Hall–Kier alpha value is -3.41. The van der Waals surface area contributed by atoms with Gasteiger partial charge in [0.15, 0.2) is 6.61 Å². The Kier molecular flexibility index (Phi) is 6.36. The van der Waals surface area contributed by atoms with Crippen LogP contribution in [0.5, 0.6) is 0 Å². The standard InChI is InChI=1S/C26H19Cl2NO4/c1-15-7-9-16(10-8-15)23-18-5-3-4-6-19(18)25(31)29(2)24(23)26(32)33-14-22(30)20-12-11-17(27)13-21(20)28/h3-13H,14H2,1-2H3. The molecule has 0 unspecified atom stereocenters. The molecular weight excluding hydrogens is 461 g/mol. The molecular formula is C26H19Cl2NO4. The molecule has 5 nitrogen and oxygen atoms in total. The van der Waals surface area contributed by atoms with Crippen LogP contribution in [0.1, 0.15) is 26.4 Å². The maximum atomic E-state index is 13.2. The average Bonchev–Trinajstić information content (AvgIpc) is 2.80. The van der Waals surface area contributed by atoms with Gasteiger partial charge in [0, 0.05) is 28.6 Å². The van der Waals surface area contributed by atoms with Gasteiger partial charge in [0.25, 0.3) is 5.56 Å². The van der Waals surface area contributed by atoms with E-state index in [1.807, 2.05) is 31.2 Å². The first kappa shape index (κ1) is 22.8. The minimum absolute atomic E-state index is 0.0672. The van der Waals surface area contributed by atoms with E-state index in [-0.39, 0.29) is 21.8 Å². The number of fused-ring (bicyclic) bond motifs is 1. The van der Waals surface area contributed by atoms with Gasteiger partial charge in [-0.1, -0.05) is 71.2 Å². The van der Waals surface area contributed by atoms with Gasteiger partial charge in [0.2, 0.25) is 5.78 Å². The molecule has 0 N–H and O–H groups in total. The molecule has 0 saturated heterocycles. The van der Waals surface area contributed by atoms with Crippen molar-refractivity contribution in [3.63, 3.8) is 0 Å². The van der Waals surface area contributed by atoms with Crippen LogP contribution in [0.4, 0.5) is 0 Å². The summed E-state index contributed by atoms with van der Waals surface area (Å²) >= 11 is 12.0. The fourth-order valence-corrected chi connectivity index (χ4v) is 4.22. The zero-order valence-electron chi connectivity index (χ0n) is 17.9. The smallest absolute Gasteiger partial charge is 0.356 e. The molecule has 4 rings (SSSR count). The van der Waals surface area contributed by atoms with Gasteiger partial charge in [-0.3, -0.25) is 9.59 Å². The SMILES string of the molecule is Cc1ccc(-c2c(C(=O)OCC(=O)c3ccc(Cl)cc3Cl)n(C)c(=O)c3ccccc23)cc1. The lowest BCUT2D eigenvalue weighted by Crippen LogP contribution is -2.27. The van der Waals surface area contributed by atoms with Crippen LogP contribution in [-0.4, -0.2) is 22.9 Å². The summed E-state index contributed by atoms with van der Waals surface area (Å²) in [6.07, 6.45) is 0. The summed E-state index contributed by atoms with van der Waals surface area (Å²) in [5.74, 6) is -1.26. The van der Waals surface area contributed by atoms with Crippen molar-refractivity contribution in [1.82, 2.24) is 4.57 Å². The van der Waals surface area contributed by atoms with E-state index < -0.39 is 18.4 Å². The lowest BCUT2D eigenvalue weighted by molar-refractivity contribution is 0.0465. The van der Waals surface area contributed by atoms with Crippen molar-refractivity contribution in [3.05, 3.63) is 104 Å². The van der Waals surface area contributed by atoms with Crippen LogP contribution in [0.3, 0.4) is 0 Å². The molecule has 0 fully saturated rings. The van der Waals surface area contributed by atoms with Crippen molar-refractivity contribution in [3.8, 4) is 11.1 Å². The molecule has 0 aliphatic heterocycles. The summed E-state index contributed by atoms with van der Waals surface area (Å²) in [5, 5.41) is 1.67. The predicted molar refractivity (Wildman–Crippen MR) is 130 cm³/mol. The van der Waals surface area contributed by atoms with Crippen LogP contribution < -0.4 is 5.56 Å². The van der Waals surface area contributed by atoms with Gasteiger partial charge in [0.05, 0.1) is 5.02 Å². The van der Waals surface area contributed by atoms with Gasteiger partial charge >= 0.3 is 5.97 Å². The predicted octanol–water partition coefficient (Wildman–Crippen LogP) is 5.86. The lowest BCUT2D eigenvalue weighted by atomic mass is 9.96. The van der Waals surface area contributed by atoms with Gasteiger partial charge < -0.3 is 9.30 Å². The second kappa shape index (κ2) is 9.22. The van der Waals surface area contributed by atoms with Crippen molar-refractivity contribution >= 4 is 45.7 Å². The highest BCUT2D eigenvalue weighted by atomic mass is 35.5. The number of nitrogens with zero attached hydrogens (tertiary/aromatic N) is 1. The Morgan fingerprint density at radius 2 is 1.61 bits per heavy atom. The second-order valence-corrected chi connectivity index (χ2v) is 8.47. The maximum absolute atomic E-state index is 13.2. The van der Waals surface area contributed by atoms with Crippen molar-refractivity contribution < 1.29 is 14.3 Å². The number of aryl methyl sites for hydroxylation is 1. The first-order valence-electron chi connectivity index (χ1n) is 10.1. The number of aromatic nitrogens is 1. The quantitative estimate of drug-likeness (QED) is 0.265. The first-order valence-corrected chi connectivity index (χ1v) is 10.9. The number of Topliss-reactive ketones (excluding diaryl/α,β-unsaturated/α-hetero) is 1. The number of carbonyl (C=O) groups is 2. The van der Waals surface area contributed by atoms with Crippen molar-refractivity contribution in [2.75, 3.05) is 6.61 Å². The van der Waals surface area contributed by atoms with E-state index in [1.54, 1.807) is 24.3 Å². The summed E-state index contributed by atoms with van der Waals surface area (Å²) in [6.45, 7) is 1.43. The molecule has 1 aromatic heterocycles. The number of ketones is 1. The van der Waals surface area contributed by atoms with Gasteiger partial charge in [-0.05, 0) is 42.1 Å². The fourth-order valence-electron chi connectivity index (χ4n) is 3.71. The topological polar surface area (TPSA) is 65.4 Å². The lowest BCUT2D eigenvalue weighted by Gasteiger charge is -2.17. The van der Waals surface area contributed by atoms with Gasteiger partial charge in [-0.2, -0.15) is 0 Å². The monoisotopic (exact) mass is 479 g/mol. The van der Waals surface area contributed by atoms with Gasteiger partial charge in [-0.25, -0.2) is 4.79 Å². The Morgan fingerprint density at radius 3 is 2.27 bits per heavy atom. The van der Waals surface area contributed by atoms with Crippen LogP contribution in [0.25, 0.3) is 21.9 Å². The number of rotatable bonds is 5. The van der Waals surface area contributed by atoms with E-state index in [9.17, 15) is 14.4 Å². The molecule has 7 heteroatoms. The number of carbonyl (C=O) groups excluding carboxylic acids is 2. The molecule has 0 bridgehead atoms. The molecule has 0 aliphatic carbocycles. The molecule has 3 aromatic carbocycles. The third kappa shape index (κ3) is 4.42. The number of hydrogen-bond donors (Lipinski definition) is 0. The Labute approximate surface area is 200 Å². The van der Waals surface area contributed by atoms with Crippen LogP contribution in [0.2, 0.25) is 10.0 Å². The molecule has 1 heterocycles. The zero-order valence-corrected chi connectivity index (χ0v) is 19.4. The molecule has 0 amide bonds. The minimum atomic E-state index is -0.783. The van der Waals surface area contributed by atoms with Gasteiger partial charge in [-0.15, -0.1) is 0 Å². The summed E-state index contributed by atoms with van der Waals surface area (Å²) in [6, 6.07) is 19.2. The summed E-state index contributed by atoms with van der Waals surface area (Å²) in [5.41, 5.74) is 2.31. The highest BCUT2D eigenvalue weighted by molar-refractivity contribution is 6.36. The molecule has 0 atom stereocenters. The summed E-state index contributed by atoms with van der Waals surface area (Å²) < 4.78 is 6.62. The van der Waals surface area contributed by atoms with Crippen LogP contribution in [0.15, 0.2) is 71.5 Å². The number of benzene rings is 3. The third-order valence-electron chi connectivity index (χ3n) is 5.40. The summed E-state index contributed by atoms with van der Waals surface area (Å²) in [4.78, 5) is 38.8. The Bertz CT molecular complexity index is 1460. The number of ether oxygens (including phenoxy) is 1. The van der Waals surface area contributed by atoms with Crippen molar-refractivity contribution in [2.45, 2.75) is 6.92 Å². The van der Waals surface area contributed by atoms with Gasteiger partial charge in [0.1, 0.15) is 5.69 Å². The number of pyridine rings is 1. The Balaban J connectivity index is 1.78. The fraction of sp³-hybridized carbons (Fsp3) is 0.115. The zero-order chi connectivity index (χ0) is 23.7. The maximum Gasteiger partial charge on any atom is 0.356 e. The van der Waals surface area contributed by atoms with Crippen LogP contribution >= 0.6 is 23.2 Å². The molecule has 0 spiro atoms. The average molecular weight is 480 g/mol. The molecule has 4 aromatic rings. The summed E-state index contributed by atoms with van der Waals surface area (Å²) in [7, 11) is 1.51. The van der Waals surface area contributed by atoms with E-state index in [0.717, 1.165) is 11.1 Å². The molecule has 0 radical (unpaired) electrons. The van der Waals surface area contributed by atoms with E-state index >= 15 is 0 Å². The molecule has 0 aliphatic rings. The second-order valence-electron chi connectivity index (χ2n) is 7.62. The molecule has 0 saturated carbocycles. The Morgan fingerprint density at radius 1 is 0.939 bits per heavy atom. The molecule has 33 heavy (non-hydrogen) atoms.